The summed E-state index contributed by atoms with van der Waals surface area (Å²) in [6, 6.07) is 5.50. The molecular formula is C13H14Br2N2O2. The molecule has 1 rings (SSSR count). The first kappa shape index (κ1) is 16.0. The molecule has 0 fully saturated rings. The lowest BCUT2D eigenvalue weighted by Gasteiger charge is -2.13. The Morgan fingerprint density at radius 1 is 1.47 bits per heavy atom. The van der Waals surface area contributed by atoms with E-state index in [2.05, 4.69) is 37.2 Å². The van der Waals surface area contributed by atoms with Crippen molar-refractivity contribution in [3.8, 4) is 11.8 Å². The molecule has 0 bridgehead atoms. The van der Waals surface area contributed by atoms with Crippen LogP contribution in [0.5, 0.6) is 5.75 Å². The number of carbonyl (C=O) groups is 1. The SMILES string of the molecule is CCCC(C#N)C(=O)Nc1cc(OC)c(Br)cc1Br. The standard InChI is InChI=1S/C13H14Br2N2O2/c1-3-4-8(7-16)13(18)17-11-6-12(19-2)10(15)5-9(11)14/h5-6,8H,3-4H2,1-2H3,(H,17,18). The topological polar surface area (TPSA) is 62.1 Å². The summed E-state index contributed by atoms with van der Waals surface area (Å²) >= 11 is 6.72. The first-order chi connectivity index (χ1) is 9.03. The Labute approximate surface area is 129 Å². The van der Waals surface area contributed by atoms with Crippen LogP contribution in [-0.2, 0) is 4.79 Å². The highest BCUT2D eigenvalue weighted by Gasteiger charge is 2.18. The van der Waals surface area contributed by atoms with Gasteiger partial charge in [0.2, 0.25) is 5.91 Å². The third-order valence-electron chi connectivity index (χ3n) is 2.55. The Bertz CT molecular complexity index is 512. The Kier molecular flexibility index (Phi) is 6.32. The van der Waals surface area contributed by atoms with E-state index in [1.54, 1.807) is 19.2 Å². The third kappa shape index (κ3) is 4.22. The number of nitriles is 1. The minimum atomic E-state index is -0.633. The average Bonchev–Trinajstić information content (AvgIpc) is 2.38. The fourth-order valence-corrected chi connectivity index (χ4v) is 2.80. The van der Waals surface area contributed by atoms with Gasteiger partial charge in [-0.25, -0.2) is 0 Å². The van der Waals surface area contributed by atoms with Gasteiger partial charge in [0, 0.05) is 10.5 Å². The number of hydrogen-bond acceptors (Lipinski definition) is 3. The second kappa shape index (κ2) is 7.51. The zero-order valence-electron chi connectivity index (χ0n) is 10.7. The Morgan fingerprint density at radius 3 is 2.68 bits per heavy atom. The molecule has 0 saturated carbocycles. The molecule has 1 aromatic carbocycles. The number of amides is 1. The van der Waals surface area contributed by atoms with Crippen molar-refractivity contribution in [3.05, 3.63) is 21.1 Å². The van der Waals surface area contributed by atoms with E-state index in [0.717, 1.165) is 15.4 Å². The summed E-state index contributed by atoms with van der Waals surface area (Å²) in [6.07, 6.45) is 1.34. The number of rotatable bonds is 5. The lowest BCUT2D eigenvalue weighted by atomic mass is 10.0. The molecule has 0 heterocycles. The Morgan fingerprint density at radius 2 is 2.16 bits per heavy atom. The van der Waals surface area contributed by atoms with Crippen molar-refractivity contribution < 1.29 is 9.53 Å². The summed E-state index contributed by atoms with van der Waals surface area (Å²) in [5, 5.41) is 11.7. The van der Waals surface area contributed by atoms with Crippen LogP contribution >= 0.6 is 31.9 Å². The molecule has 0 aliphatic rings. The van der Waals surface area contributed by atoms with Crippen LogP contribution in [0.15, 0.2) is 21.1 Å². The molecule has 1 atom stereocenters. The number of carbonyl (C=O) groups excluding carboxylic acids is 1. The van der Waals surface area contributed by atoms with E-state index in [0.29, 0.717) is 17.9 Å². The Balaban J connectivity index is 2.93. The normalized spacial score (nSPS) is 11.5. The second-order valence-electron chi connectivity index (χ2n) is 3.93. The van der Waals surface area contributed by atoms with Crippen molar-refractivity contribution >= 4 is 43.5 Å². The largest absolute Gasteiger partial charge is 0.495 e. The summed E-state index contributed by atoms with van der Waals surface area (Å²) in [7, 11) is 1.55. The molecular weight excluding hydrogens is 376 g/mol. The zero-order valence-corrected chi connectivity index (χ0v) is 13.8. The number of halogens is 2. The van der Waals surface area contributed by atoms with Gasteiger partial charge in [-0.05, 0) is 44.3 Å². The highest BCUT2D eigenvalue weighted by atomic mass is 79.9. The summed E-state index contributed by atoms with van der Waals surface area (Å²) in [6.45, 7) is 1.94. The monoisotopic (exact) mass is 388 g/mol. The summed E-state index contributed by atoms with van der Waals surface area (Å²) in [5.74, 6) is -0.316. The number of nitrogens with one attached hydrogen (secondary N) is 1. The first-order valence-corrected chi connectivity index (χ1v) is 7.35. The number of hydrogen-bond donors (Lipinski definition) is 1. The van der Waals surface area contributed by atoms with Gasteiger partial charge in [-0.15, -0.1) is 0 Å². The number of nitrogens with zero attached hydrogens (tertiary/aromatic N) is 1. The Hall–Kier alpha value is -1.06. The van der Waals surface area contributed by atoms with Crippen LogP contribution < -0.4 is 10.1 Å². The second-order valence-corrected chi connectivity index (χ2v) is 5.63. The molecule has 1 unspecified atom stereocenters. The molecule has 0 radical (unpaired) electrons. The van der Waals surface area contributed by atoms with Gasteiger partial charge in [-0.1, -0.05) is 13.3 Å². The maximum absolute atomic E-state index is 12.0. The van der Waals surface area contributed by atoms with Gasteiger partial charge in [-0.2, -0.15) is 5.26 Å². The molecule has 4 nitrogen and oxygen atoms in total. The van der Waals surface area contributed by atoms with E-state index in [1.165, 1.54) is 0 Å². The minimum Gasteiger partial charge on any atom is -0.495 e. The van der Waals surface area contributed by atoms with Crippen molar-refractivity contribution in [3.63, 3.8) is 0 Å². The van der Waals surface area contributed by atoms with Crippen molar-refractivity contribution in [1.82, 2.24) is 0 Å². The van der Waals surface area contributed by atoms with Gasteiger partial charge in [0.15, 0.2) is 0 Å². The maximum atomic E-state index is 12.0. The molecule has 1 amide bonds. The van der Waals surface area contributed by atoms with Gasteiger partial charge < -0.3 is 10.1 Å². The molecule has 0 aliphatic heterocycles. The van der Waals surface area contributed by atoms with Gasteiger partial charge in [0.1, 0.15) is 11.7 Å². The molecule has 0 aromatic heterocycles. The van der Waals surface area contributed by atoms with Crippen LogP contribution in [0.2, 0.25) is 0 Å². The average molecular weight is 390 g/mol. The summed E-state index contributed by atoms with van der Waals surface area (Å²) in [4.78, 5) is 12.0. The number of ether oxygens (including phenoxy) is 1. The first-order valence-electron chi connectivity index (χ1n) is 5.77. The van der Waals surface area contributed by atoms with Crippen LogP contribution in [0.25, 0.3) is 0 Å². The van der Waals surface area contributed by atoms with Crippen LogP contribution in [-0.4, -0.2) is 13.0 Å². The van der Waals surface area contributed by atoms with Gasteiger partial charge in [0.25, 0.3) is 0 Å². The third-order valence-corrected chi connectivity index (χ3v) is 3.82. The molecule has 6 heteroatoms. The van der Waals surface area contributed by atoms with E-state index in [1.807, 2.05) is 13.0 Å². The molecule has 19 heavy (non-hydrogen) atoms. The highest BCUT2D eigenvalue weighted by Crippen LogP contribution is 2.34. The molecule has 0 aliphatic carbocycles. The maximum Gasteiger partial charge on any atom is 0.241 e. The van der Waals surface area contributed by atoms with Crippen molar-refractivity contribution in [2.45, 2.75) is 19.8 Å². The minimum absolute atomic E-state index is 0.297. The van der Waals surface area contributed by atoms with Crippen LogP contribution in [0, 0.1) is 17.2 Å². The van der Waals surface area contributed by atoms with Crippen molar-refractivity contribution in [2.75, 3.05) is 12.4 Å². The molecule has 0 spiro atoms. The predicted octanol–water partition coefficient (Wildman–Crippen LogP) is 4.10. The predicted molar refractivity (Wildman–Crippen MR) is 81.0 cm³/mol. The molecule has 0 saturated heterocycles. The van der Waals surface area contributed by atoms with Crippen LogP contribution in [0.4, 0.5) is 5.69 Å². The van der Waals surface area contributed by atoms with E-state index in [9.17, 15) is 4.79 Å². The van der Waals surface area contributed by atoms with Gasteiger partial charge in [0.05, 0.1) is 23.3 Å². The van der Waals surface area contributed by atoms with Gasteiger partial charge in [-0.3, -0.25) is 4.79 Å². The lowest BCUT2D eigenvalue weighted by Crippen LogP contribution is -2.21. The molecule has 1 aromatic rings. The number of benzene rings is 1. The molecule has 102 valence electrons. The van der Waals surface area contributed by atoms with Crippen LogP contribution in [0.1, 0.15) is 19.8 Å². The zero-order chi connectivity index (χ0) is 14.4. The van der Waals surface area contributed by atoms with E-state index in [-0.39, 0.29) is 5.91 Å². The number of anilines is 1. The van der Waals surface area contributed by atoms with Crippen molar-refractivity contribution in [2.24, 2.45) is 5.92 Å². The fourth-order valence-electron chi connectivity index (χ4n) is 1.54. The highest BCUT2D eigenvalue weighted by molar-refractivity contribution is 9.11. The quantitative estimate of drug-likeness (QED) is 0.824. The van der Waals surface area contributed by atoms with E-state index < -0.39 is 5.92 Å². The lowest BCUT2D eigenvalue weighted by molar-refractivity contribution is -0.118. The summed E-state index contributed by atoms with van der Waals surface area (Å²) < 4.78 is 6.68. The smallest absolute Gasteiger partial charge is 0.241 e. The fraction of sp³-hybridized carbons (Fsp3) is 0.385. The van der Waals surface area contributed by atoms with E-state index >= 15 is 0 Å². The van der Waals surface area contributed by atoms with Crippen molar-refractivity contribution in [1.29, 1.82) is 5.26 Å². The summed E-state index contributed by atoms with van der Waals surface area (Å²) in [5.41, 5.74) is 0.585. The van der Waals surface area contributed by atoms with E-state index in [4.69, 9.17) is 10.00 Å². The molecule has 1 N–H and O–H groups in total. The van der Waals surface area contributed by atoms with Gasteiger partial charge >= 0.3 is 0 Å². The van der Waals surface area contributed by atoms with Crippen LogP contribution in [0.3, 0.4) is 0 Å². The number of methoxy groups -OCH3 is 1.